The van der Waals surface area contributed by atoms with Crippen LogP contribution in [0.5, 0.6) is 11.5 Å². The third-order valence-corrected chi connectivity index (χ3v) is 3.66. The largest absolute Gasteiger partial charge is 0.497 e. The number of methoxy groups -OCH3 is 2. The van der Waals surface area contributed by atoms with Crippen molar-refractivity contribution in [1.82, 2.24) is 10.1 Å². The molecule has 2 aromatic carbocycles. The van der Waals surface area contributed by atoms with Gasteiger partial charge in [-0.2, -0.15) is 4.98 Å². The zero-order chi connectivity index (χ0) is 18.4. The molecular formula is C19H18N2O5. The monoisotopic (exact) mass is 354 g/mol. The number of benzene rings is 2. The highest BCUT2D eigenvalue weighted by molar-refractivity contribution is 5.72. The zero-order valence-corrected chi connectivity index (χ0v) is 14.5. The minimum absolute atomic E-state index is 0.0774. The minimum atomic E-state index is -0.378. The average molecular weight is 354 g/mol. The lowest BCUT2D eigenvalue weighted by Gasteiger charge is -2.03. The Bertz CT molecular complexity index is 874. The predicted molar refractivity (Wildman–Crippen MR) is 92.8 cm³/mol. The fourth-order valence-electron chi connectivity index (χ4n) is 2.30. The molecule has 7 heteroatoms. The van der Waals surface area contributed by atoms with Gasteiger partial charge in [-0.05, 0) is 29.8 Å². The molecule has 0 bridgehead atoms. The fraction of sp³-hybridized carbons (Fsp3) is 0.211. The van der Waals surface area contributed by atoms with Crippen LogP contribution in [0.4, 0.5) is 0 Å². The van der Waals surface area contributed by atoms with Crippen LogP contribution in [0.1, 0.15) is 11.5 Å². The molecule has 26 heavy (non-hydrogen) atoms. The van der Waals surface area contributed by atoms with E-state index >= 15 is 0 Å². The van der Waals surface area contributed by atoms with Gasteiger partial charge in [-0.3, -0.25) is 4.79 Å². The van der Waals surface area contributed by atoms with E-state index in [-0.39, 0.29) is 24.9 Å². The smallest absolute Gasteiger partial charge is 0.310 e. The van der Waals surface area contributed by atoms with Crippen molar-refractivity contribution in [3.63, 3.8) is 0 Å². The van der Waals surface area contributed by atoms with Crippen molar-refractivity contribution in [3.8, 4) is 22.9 Å². The molecule has 0 saturated heterocycles. The van der Waals surface area contributed by atoms with E-state index in [9.17, 15) is 4.79 Å². The van der Waals surface area contributed by atoms with Crippen LogP contribution in [0.2, 0.25) is 0 Å². The molecule has 0 atom stereocenters. The number of hydrogen-bond donors (Lipinski definition) is 0. The van der Waals surface area contributed by atoms with Gasteiger partial charge < -0.3 is 18.7 Å². The summed E-state index contributed by atoms with van der Waals surface area (Å²) in [5, 5.41) is 3.90. The Morgan fingerprint density at radius 2 is 1.81 bits per heavy atom. The quantitative estimate of drug-likeness (QED) is 0.603. The second kappa shape index (κ2) is 8.15. The lowest BCUT2D eigenvalue weighted by atomic mass is 10.1. The molecule has 0 fully saturated rings. The van der Waals surface area contributed by atoms with E-state index in [4.69, 9.17) is 18.7 Å². The zero-order valence-electron chi connectivity index (χ0n) is 14.5. The molecule has 0 radical (unpaired) electrons. The molecule has 0 aliphatic rings. The highest BCUT2D eigenvalue weighted by Gasteiger charge is 2.12. The Kier molecular flexibility index (Phi) is 5.48. The van der Waals surface area contributed by atoms with E-state index in [1.54, 1.807) is 32.4 Å². The number of hydrogen-bond acceptors (Lipinski definition) is 7. The minimum Gasteiger partial charge on any atom is -0.497 e. The first-order valence-electron chi connectivity index (χ1n) is 7.93. The van der Waals surface area contributed by atoms with Crippen molar-refractivity contribution in [1.29, 1.82) is 0 Å². The third kappa shape index (κ3) is 4.38. The first kappa shape index (κ1) is 17.5. The molecule has 0 N–H and O–H groups in total. The number of carbonyl (C=O) groups is 1. The molecule has 0 aliphatic carbocycles. The molecule has 134 valence electrons. The number of aromatic nitrogens is 2. The van der Waals surface area contributed by atoms with Crippen LogP contribution >= 0.6 is 0 Å². The second-order valence-electron chi connectivity index (χ2n) is 5.43. The second-order valence-corrected chi connectivity index (χ2v) is 5.43. The maximum Gasteiger partial charge on any atom is 0.310 e. The first-order chi connectivity index (χ1) is 12.7. The van der Waals surface area contributed by atoms with Crippen molar-refractivity contribution in [3.05, 3.63) is 60.0 Å². The van der Waals surface area contributed by atoms with E-state index in [0.29, 0.717) is 11.6 Å². The summed E-state index contributed by atoms with van der Waals surface area (Å²) in [4.78, 5) is 16.2. The summed E-state index contributed by atoms with van der Waals surface area (Å²) in [7, 11) is 3.18. The molecule has 0 unspecified atom stereocenters. The molecule has 3 rings (SSSR count). The highest BCUT2D eigenvalue weighted by atomic mass is 16.6. The molecule has 0 spiro atoms. The third-order valence-electron chi connectivity index (χ3n) is 3.66. The molecule has 7 nitrogen and oxygen atoms in total. The number of esters is 1. The number of rotatable bonds is 7. The summed E-state index contributed by atoms with van der Waals surface area (Å²) < 4.78 is 20.6. The van der Waals surface area contributed by atoms with Crippen LogP contribution in [0.25, 0.3) is 11.4 Å². The maximum absolute atomic E-state index is 11.9. The van der Waals surface area contributed by atoms with E-state index in [0.717, 1.165) is 16.9 Å². The summed E-state index contributed by atoms with van der Waals surface area (Å²) in [6.45, 7) is -0.0774. The van der Waals surface area contributed by atoms with Gasteiger partial charge in [0.25, 0.3) is 5.89 Å². The lowest BCUT2D eigenvalue weighted by Crippen LogP contribution is -2.08. The van der Waals surface area contributed by atoms with Crippen molar-refractivity contribution in [2.45, 2.75) is 13.0 Å². The van der Waals surface area contributed by atoms with Crippen molar-refractivity contribution < 1.29 is 23.5 Å². The van der Waals surface area contributed by atoms with E-state index in [1.807, 2.05) is 30.3 Å². The Morgan fingerprint density at radius 1 is 1.04 bits per heavy atom. The molecule has 1 aromatic heterocycles. The Balaban J connectivity index is 1.56. The first-order valence-corrected chi connectivity index (χ1v) is 7.93. The SMILES string of the molecule is COc1ccc(CC(=O)OCc2nc(-c3cccc(OC)c3)no2)cc1. The van der Waals surface area contributed by atoms with Crippen LogP contribution in [-0.4, -0.2) is 30.3 Å². The van der Waals surface area contributed by atoms with Gasteiger partial charge in [-0.1, -0.05) is 29.4 Å². The number of carbonyl (C=O) groups excluding carboxylic acids is 1. The molecule has 0 saturated carbocycles. The Morgan fingerprint density at radius 3 is 2.54 bits per heavy atom. The normalized spacial score (nSPS) is 10.4. The van der Waals surface area contributed by atoms with E-state index < -0.39 is 0 Å². The molecule has 0 amide bonds. The van der Waals surface area contributed by atoms with Crippen molar-refractivity contribution in [2.75, 3.05) is 14.2 Å². The molecule has 1 heterocycles. The van der Waals surface area contributed by atoms with Crippen LogP contribution in [-0.2, 0) is 22.6 Å². The average Bonchev–Trinajstić information content (AvgIpc) is 3.16. The van der Waals surface area contributed by atoms with Crippen molar-refractivity contribution in [2.24, 2.45) is 0 Å². The van der Waals surface area contributed by atoms with Gasteiger partial charge >= 0.3 is 5.97 Å². The number of ether oxygens (including phenoxy) is 3. The van der Waals surface area contributed by atoms with Crippen LogP contribution in [0.3, 0.4) is 0 Å². The van der Waals surface area contributed by atoms with Gasteiger partial charge in [0.2, 0.25) is 5.82 Å². The van der Waals surface area contributed by atoms with Gasteiger partial charge in [0, 0.05) is 5.56 Å². The summed E-state index contributed by atoms with van der Waals surface area (Å²) in [5.41, 5.74) is 1.59. The summed E-state index contributed by atoms with van der Waals surface area (Å²) >= 11 is 0. The summed E-state index contributed by atoms with van der Waals surface area (Å²) in [6.07, 6.45) is 0.154. The van der Waals surface area contributed by atoms with Gasteiger partial charge in [-0.25, -0.2) is 0 Å². The number of nitrogens with zero attached hydrogens (tertiary/aromatic N) is 2. The van der Waals surface area contributed by atoms with Crippen molar-refractivity contribution >= 4 is 5.97 Å². The molecule has 0 aliphatic heterocycles. The van der Waals surface area contributed by atoms with Gasteiger partial charge in [-0.15, -0.1) is 0 Å². The highest BCUT2D eigenvalue weighted by Crippen LogP contribution is 2.21. The van der Waals surface area contributed by atoms with Gasteiger partial charge in [0.05, 0.1) is 20.6 Å². The summed E-state index contributed by atoms with van der Waals surface area (Å²) in [5.74, 6) is 1.69. The van der Waals surface area contributed by atoms with Crippen LogP contribution < -0.4 is 9.47 Å². The lowest BCUT2D eigenvalue weighted by molar-refractivity contribution is -0.144. The van der Waals surface area contributed by atoms with Crippen LogP contribution in [0, 0.1) is 0 Å². The summed E-state index contributed by atoms with van der Waals surface area (Å²) in [6, 6.07) is 14.5. The Hall–Kier alpha value is -3.35. The molecular weight excluding hydrogens is 336 g/mol. The Labute approximate surface area is 150 Å². The molecule has 3 aromatic rings. The predicted octanol–water partition coefficient (Wildman–Crippen LogP) is 3.04. The van der Waals surface area contributed by atoms with Gasteiger partial charge in [0.15, 0.2) is 6.61 Å². The fourth-order valence-corrected chi connectivity index (χ4v) is 2.30. The van der Waals surface area contributed by atoms with Crippen LogP contribution in [0.15, 0.2) is 53.1 Å². The van der Waals surface area contributed by atoms with E-state index in [2.05, 4.69) is 10.1 Å². The standard InChI is InChI=1S/C19H18N2O5/c1-23-15-8-6-13(7-9-15)10-18(22)25-12-17-20-19(21-26-17)14-4-3-5-16(11-14)24-2/h3-9,11H,10,12H2,1-2H3. The maximum atomic E-state index is 11.9. The van der Waals surface area contributed by atoms with E-state index in [1.165, 1.54) is 0 Å². The van der Waals surface area contributed by atoms with Gasteiger partial charge in [0.1, 0.15) is 11.5 Å². The topological polar surface area (TPSA) is 83.7 Å².